The van der Waals surface area contributed by atoms with E-state index in [2.05, 4.69) is 24.0 Å². The number of carbonyl (C=O) groups excluding carboxylic acids is 1. The van der Waals surface area contributed by atoms with Crippen molar-refractivity contribution in [2.45, 2.75) is 18.2 Å². The van der Waals surface area contributed by atoms with Crippen LogP contribution in [0.25, 0.3) is 0 Å². The van der Waals surface area contributed by atoms with Gasteiger partial charge in [-0.25, -0.2) is 0 Å². The Balaban J connectivity index is 1.68. The Morgan fingerprint density at radius 1 is 1.32 bits per heavy atom. The van der Waals surface area contributed by atoms with Crippen LogP contribution in [0.4, 0.5) is 0 Å². The molecule has 0 spiro atoms. The molecular formula is C15H21NO2S. The first-order chi connectivity index (χ1) is 9.25. The van der Waals surface area contributed by atoms with Crippen molar-refractivity contribution in [2.75, 3.05) is 38.6 Å². The van der Waals surface area contributed by atoms with Crippen LogP contribution >= 0.6 is 11.8 Å². The van der Waals surface area contributed by atoms with Crippen LogP contribution in [-0.2, 0) is 9.53 Å². The van der Waals surface area contributed by atoms with E-state index in [0.29, 0.717) is 18.0 Å². The number of carbonyl (C=O) groups is 1. The summed E-state index contributed by atoms with van der Waals surface area (Å²) in [7, 11) is 0. The highest BCUT2D eigenvalue weighted by Gasteiger charge is 2.12. The Bertz CT molecular complexity index is 416. The fourth-order valence-electron chi connectivity index (χ4n) is 2.06. The van der Waals surface area contributed by atoms with Crippen LogP contribution in [0.5, 0.6) is 0 Å². The van der Waals surface area contributed by atoms with Gasteiger partial charge in [-0.05, 0) is 18.6 Å². The molecule has 19 heavy (non-hydrogen) atoms. The van der Waals surface area contributed by atoms with Gasteiger partial charge in [0.1, 0.15) is 5.78 Å². The maximum Gasteiger partial charge on any atom is 0.144 e. The molecule has 1 fully saturated rings. The van der Waals surface area contributed by atoms with E-state index in [9.17, 15) is 4.79 Å². The van der Waals surface area contributed by atoms with Gasteiger partial charge >= 0.3 is 0 Å². The summed E-state index contributed by atoms with van der Waals surface area (Å²) in [6.45, 7) is 6.46. The predicted molar refractivity (Wildman–Crippen MR) is 78.8 cm³/mol. The van der Waals surface area contributed by atoms with Crippen LogP contribution in [0.1, 0.15) is 12.0 Å². The van der Waals surface area contributed by atoms with Gasteiger partial charge in [0, 0.05) is 31.0 Å². The van der Waals surface area contributed by atoms with Crippen LogP contribution in [0.2, 0.25) is 0 Å². The maximum atomic E-state index is 11.9. The van der Waals surface area contributed by atoms with Gasteiger partial charge in [-0.1, -0.05) is 18.2 Å². The van der Waals surface area contributed by atoms with Gasteiger partial charge in [0.05, 0.1) is 19.0 Å². The highest BCUT2D eigenvalue weighted by atomic mass is 32.2. The van der Waals surface area contributed by atoms with Gasteiger partial charge in [0.15, 0.2) is 0 Å². The van der Waals surface area contributed by atoms with Crippen molar-refractivity contribution in [1.29, 1.82) is 0 Å². The molecule has 0 radical (unpaired) electrons. The first-order valence-electron chi connectivity index (χ1n) is 6.76. The third-order valence-corrected chi connectivity index (χ3v) is 4.53. The Morgan fingerprint density at radius 2 is 2.05 bits per heavy atom. The van der Waals surface area contributed by atoms with Crippen LogP contribution < -0.4 is 0 Å². The molecule has 0 amide bonds. The number of hydrogen-bond acceptors (Lipinski definition) is 4. The van der Waals surface area contributed by atoms with Gasteiger partial charge in [0.2, 0.25) is 0 Å². The number of rotatable bonds is 6. The molecule has 104 valence electrons. The van der Waals surface area contributed by atoms with Gasteiger partial charge in [-0.3, -0.25) is 9.69 Å². The molecule has 3 nitrogen and oxygen atoms in total. The molecule has 1 aliphatic heterocycles. The summed E-state index contributed by atoms with van der Waals surface area (Å²) in [6, 6.07) is 8.21. The second kappa shape index (κ2) is 7.68. The monoisotopic (exact) mass is 279 g/mol. The van der Waals surface area contributed by atoms with Crippen LogP contribution in [0, 0.1) is 6.92 Å². The van der Waals surface area contributed by atoms with Crippen molar-refractivity contribution in [3.05, 3.63) is 29.8 Å². The van der Waals surface area contributed by atoms with Crippen molar-refractivity contribution >= 4 is 17.5 Å². The molecule has 1 saturated heterocycles. The Kier molecular flexibility index (Phi) is 5.89. The minimum absolute atomic E-state index is 0.333. The zero-order valence-electron chi connectivity index (χ0n) is 11.4. The smallest absolute Gasteiger partial charge is 0.144 e. The lowest BCUT2D eigenvalue weighted by atomic mass is 10.2. The predicted octanol–water partition coefficient (Wildman–Crippen LogP) is 2.38. The molecule has 1 aliphatic rings. The molecule has 2 rings (SSSR count). The molecule has 0 atom stereocenters. The van der Waals surface area contributed by atoms with Crippen molar-refractivity contribution in [2.24, 2.45) is 0 Å². The third kappa shape index (κ3) is 4.97. The quantitative estimate of drug-likeness (QED) is 0.748. The molecule has 4 heteroatoms. The number of Topliss-reactive ketones (excluding diaryl/α,β-unsaturated/α-hetero) is 1. The Labute approximate surface area is 119 Å². The number of hydrogen-bond donors (Lipinski definition) is 0. The molecule has 1 heterocycles. The largest absolute Gasteiger partial charge is 0.379 e. The molecule has 1 aromatic rings. The molecule has 0 saturated carbocycles. The van der Waals surface area contributed by atoms with Gasteiger partial charge in [-0.2, -0.15) is 0 Å². The third-order valence-electron chi connectivity index (χ3n) is 3.29. The summed E-state index contributed by atoms with van der Waals surface area (Å²) in [5.74, 6) is 0.912. The molecular weight excluding hydrogens is 258 g/mol. The summed E-state index contributed by atoms with van der Waals surface area (Å²) in [5.41, 5.74) is 1.24. The van der Waals surface area contributed by atoms with Gasteiger partial charge in [-0.15, -0.1) is 11.8 Å². The second-order valence-electron chi connectivity index (χ2n) is 4.80. The van der Waals surface area contributed by atoms with E-state index in [4.69, 9.17) is 4.74 Å². The van der Waals surface area contributed by atoms with E-state index >= 15 is 0 Å². The maximum absolute atomic E-state index is 11.9. The fraction of sp³-hybridized carbons (Fsp3) is 0.533. The first-order valence-corrected chi connectivity index (χ1v) is 7.74. The number of thioether (sulfide) groups is 1. The lowest BCUT2D eigenvalue weighted by molar-refractivity contribution is -0.117. The number of benzene rings is 1. The topological polar surface area (TPSA) is 29.5 Å². The van der Waals surface area contributed by atoms with E-state index < -0.39 is 0 Å². The lowest BCUT2D eigenvalue weighted by Gasteiger charge is -2.26. The second-order valence-corrected chi connectivity index (χ2v) is 5.81. The molecule has 1 aromatic carbocycles. The minimum atomic E-state index is 0.333. The summed E-state index contributed by atoms with van der Waals surface area (Å²) in [5, 5.41) is 0. The average Bonchev–Trinajstić information content (AvgIpc) is 2.45. The SMILES string of the molecule is Cc1ccccc1SCC(=O)CCN1CCOCC1. The number of aryl methyl sites for hydroxylation is 1. The summed E-state index contributed by atoms with van der Waals surface area (Å²) in [4.78, 5) is 15.4. The van der Waals surface area contributed by atoms with Crippen molar-refractivity contribution in [3.63, 3.8) is 0 Å². The van der Waals surface area contributed by atoms with Gasteiger partial charge in [0.25, 0.3) is 0 Å². The van der Waals surface area contributed by atoms with Crippen LogP contribution in [-0.4, -0.2) is 49.3 Å². The van der Waals surface area contributed by atoms with Crippen LogP contribution in [0.3, 0.4) is 0 Å². The van der Waals surface area contributed by atoms with E-state index in [1.807, 2.05) is 12.1 Å². The minimum Gasteiger partial charge on any atom is -0.379 e. The first kappa shape index (κ1) is 14.6. The molecule has 0 bridgehead atoms. The standard InChI is InChI=1S/C15H21NO2S/c1-13-4-2-3-5-15(13)19-12-14(17)6-7-16-8-10-18-11-9-16/h2-5H,6-12H2,1H3. The number of ether oxygens (including phenoxy) is 1. The number of nitrogens with zero attached hydrogens (tertiary/aromatic N) is 1. The zero-order chi connectivity index (χ0) is 13.5. The van der Waals surface area contributed by atoms with Crippen molar-refractivity contribution < 1.29 is 9.53 Å². The highest BCUT2D eigenvalue weighted by Crippen LogP contribution is 2.21. The zero-order valence-corrected chi connectivity index (χ0v) is 12.2. The average molecular weight is 279 g/mol. The Hall–Kier alpha value is -0.840. The van der Waals surface area contributed by atoms with E-state index in [0.717, 1.165) is 32.8 Å². The summed E-state index contributed by atoms with van der Waals surface area (Å²) < 4.78 is 5.29. The van der Waals surface area contributed by atoms with E-state index in [1.165, 1.54) is 10.5 Å². The van der Waals surface area contributed by atoms with Crippen molar-refractivity contribution in [1.82, 2.24) is 4.90 Å². The molecule has 0 aromatic heterocycles. The summed E-state index contributed by atoms with van der Waals surface area (Å²) >= 11 is 1.65. The molecule has 0 aliphatic carbocycles. The lowest BCUT2D eigenvalue weighted by Crippen LogP contribution is -2.37. The van der Waals surface area contributed by atoms with Crippen molar-refractivity contribution in [3.8, 4) is 0 Å². The highest BCUT2D eigenvalue weighted by molar-refractivity contribution is 8.00. The number of morpholine rings is 1. The van der Waals surface area contributed by atoms with E-state index in [-0.39, 0.29) is 0 Å². The van der Waals surface area contributed by atoms with Gasteiger partial charge < -0.3 is 4.74 Å². The Morgan fingerprint density at radius 3 is 2.79 bits per heavy atom. The fourth-order valence-corrected chi connectivity index (χ4v) is 2.99. The number of ketones is 1. The molecule has 0 N–H and O–H groups in total. The van der Waals surface area contributed by atoms with E-state index in [1.54, 1.807) is 11.8 Å². The normalized spacial score (nSPS) is 16.5. The summed E-state index contributed by atoms with van der Waals surface area (Å²) in [6.07, 6.45) is 0.652. The van der Waals surface area contributed by atoms with Crippen LogP contribution in [0.15, 0.2) is 29.2 Å². The molecule has 0 unspecified atom stereocenters.